The van der Waals surface area contributed by atoms with Crippen LogP contribution in [0.3, 0.4) is 0 Å². The van der Waals surface area contributed by atoms with Crippen molar-refractivity contribution in [2.45, 2.75) is 50.4 Å². The molecule has 1 N–H and O–H groups in total. The molecule has 1 aromatic carbocycles. The predicted octanol–water partition coefficient (Wildman–Crippen LogP) is 3.48. The monoisotopic (exact) mass is 544 g/mol. The summed E-state index contributed by atoms with van der Waals surface area (Å²) in [5.41, 5.74) is -1.75. The Morgan fingerprint density at radius 3 is 2.22 bits per heavy atom. The third kappa shape index (κ3) is 4.33. The van der Waals surface area contributed by atoms with E-state index in [0.29, 0.717) is 74.7 Å². The van der Waals surface area contributed by atoms with Gasteiger partial charge in [-0.05, 0) is 49.8 Å². The van der Waals surface area contributed by atoms with Gasteiger partial charge in [0.25, 0.3) is 5.91 Å². The van der Waals surface area contributed by atoms with E-state index in [1.54, 1.807) is 11.0 Å². The molecule has 4 heterocycles. The van der Waals surface area contributed by atoms with Crippen LogP contribution in [0, 0.1) is 11.8 Å². The number of hydrogen-bond acceptors (Lipinski definition) is 5. The molecule has 2 unspecified atom stereocenters. The smallest absolute Gasteiger partial charge is 0.378 e. The van der Waals surface area contributed by atoms with E-state index in [2.05, 4.69) is 4.90 Å². The Kier molecular flexibility index (Phi) is 7.00. The molecular formula is C26H34ClF3N3O4+. The molecule has 37 heavy (non-hydrogen) atoms. The van der Waals surface area contributed by atoms with Gasteiger partial charge < -0.3 is 19.6 Å². The molecule has 2 amide bonds. The van der Waals surface area contributed by atoms with Gasteiger partial charge >= 0.3 is 17.7 Å². The Morgan fingerprint density at radius 2 is 1.68 bits per heavy atom. The van der Waals surface area contributed by atoms with Crippen molar-refractivity contribution in [2.24, 2.45) is 11.8 Å². The van der Waals surface area contributed by atoms with Gasteiger partial charge in [-0.3, -0.25) is 9.28 Å². The predicted molar refractivity (Wildman–Crippen MR) is 131 cm³/mol. The summed E-state index contributed by atoms with van der Waals surface area (Å²) in [6.45, 7) is 5.90. The van der Waals surface area contributed by atoms with E-state index in [1.807, 2.05) is 12.1 Å². The molecule has 1 spiro atoms. The van der Waals surface area contributed by atoms with Gasteiger partial charge in [-0.15, -0.1) is 0 Å². The number of anilines is 1. The summed E-state index contributed by atoms with van der Waals surface area (Å²) in [5.74, 6) is -0.363. The number of carbonyl (C=O) groups excluding carboxylic acids is 2. The third-order valence-electron chi connectivity index (χ3n) is 9.36. The van der Waals surface area contributed by atoms with Crippen LogP contribution < -0.4 is 4.90 Å². The van der Waals surface area contributed by atoms with Gasteiger partial charge in [-0.1, -0.05) is 11.6 Å². The summed E-state index contributed by atoms with van der Waals surface area (Å²) in [7, 11) is 0. The summed E-state index contributed by atoms with van der Waals surface area (Å²) >= 11 is 6.51. The molecule has 4 aliphatic heterocycles. The molecular weight excluding hydrogens is 511 g/mol. The van der Waals surface area contributed by atoms with Crippen molar-refractivity contribution in [3.05, 3.63) is 28.8 Å². The topological polar surface area (TPSA) is 70.1 Å². The second-order valence-corrected chi connectivity index (χ2v) is 11.4. The first-order valence-corrected chi connectivity index (χ1v) is 13.5. The molecule has 7 nitrogen and oxygen atoms in total. The fourth-order valence-electron chi connectivity index (χ4n) is 6.89. The zero-order valence-electron chi connectivity index (χ0n) is 21.0. The lowest BCUT2D eigenvalue weighted by molar-refractivity contribution is -0.930. The maximum atomic E-state index is 13.3. The number of rotatable bonds is 3. The van der Waals surface area contributed by atoms with Crippen LogP contribution in [0.2, 0.25) is 5.02 Å². The van der Waals surface area contributed by atoms with Gasteiger partial charge in [-0.2, -0.15) is 13.2 Å². The summed E-state index contributed by atoms with van der Waals surface area (Å²) < 4.78 is 45.0. The molecule has 2 atom stereocenters. The van der Waals surface area contributed by atoms with Gasteiger partial charge in [0, 0.05) is 44.7 Å². The molecule has 0 radical (unpaired) electrons. The lowest BCUT2D eigenvalue weighted by atomic mass is 9.72. The summed E-state index contributed by atoms with van der Waals surface area (Å²) in [4.78, 5) is 29.4. The number of piperidine rings is 2. The highest BCUT2D eigenvalue weighted by atomic mass is 35.5. The van der Waals surface area contributed by atoms with Crippen molar-refractivity contribution in [2.75, 3.05) is 57.4 Å². The average Bonchev–Trinajstić information content (AvgIpc) is 2.91. The number of carbonyl (C=O) groups is 2. The number of halogens is 4. The SMILES string of the molecule is CC1C(O)(C(F)(F)F)C(=O)[N+]12CCC(C1CCN(c3ccc(C(=O)N4CCOCC4)c(Cl)c3)CC1)CC2. The number of aliphatic hydroxyl groups is 1. The van der Waals surface area contributed by atoms with Crippen molar-refractivity contribution in [1.82, 2.24) is 4.90 Å². The number of benzene rings is 1. The molecule has 5 rings (SSSR count). The summed E-state index contributed by atoms with van der Waals surface area (Å²) in [5, 5.41) is 10.5. The van der Waals surface area contributed by atoms with Crippen molar-refractivity contribution in [3.8, 4) is 0 Å². The molecule has 11 heteroatoms. The molecule has 0 aliphatic carbocycles. The highest BCUT2D eigenvalue weighted by Crippen LogP contribution is 2.51. The highest BCUT2D eigenvalue weighted by Gasteiger charge is 2.83. The van der Waals surface area contributed by atoms with E-state index >= 15 is 0 Å². The number of morpholine rings is 1. The molecule has 4 aliphatic rings. The van der Waals surface area contributed by atoms with Crippen molar-refractivity contribution in [3.63, 3.8) is 0 Å². The van der Waals surface area contributed by atoms with Gasteiger partial charge in [0.15, 0.2) is 0 Å². The molecule has 0 aromatic heterocycles. The second kappa shape index (κ2) is 9.70. The van der Waals surface area contributed by atoms with Crippen LogP contribution in [0.4, 0.5) is 18.9 Å². The first-order chi connectivity index (χ1) is 17.5. The lowest BCUT2D eigenvalue weighted by Gasteiger charge is -2.59. The molecule has 1 aromatic rings. The maximum Gasteiger partial charge on any atom is 0.436 e. The average molecular weight is 545 g/mol. The Bertz CT molecular complexity index is 1050. The normalized spacial score (nSPS) is 33.5. The number of quaternary nitrogens is 1. The molecule has 4 saturated heterocycles. The zero-order valence-corrected chi connectivity index (χ0v) is 21.7. The Hall–Kier alpha value is -1.88. The van der Waals surface area contributed by atoms with Crippen molar-refractivity contribution >= 4 is 29.1 Å². The standard InChI is InChI=1S/C26H34ClF3N3O4/c1-17-25(36,26(28,29)30)24(35)33(17)12-6-19(7-13-33)18-4-8-31(9-5-18)20-2-3-21(22(27)16-20)23(34)32-10-14-37-15-11-32/h2-3,16-19,36H,4-15H2,1H3/q+1. The number of ether oxygens (including phenoxy) is 1. The Labute approximate surface area is 219 Å². The number of amides is 2. The number of alkyl halides is 3. The minimum atomic E-state index is -4.94. The fourth-order valence-corrected chi connectivity index (χ4v) is 7.15. The van der Waals surface area contributed by atoms with E-state index in [-0.39, 0.29) is 10.4 Å². The van der Waals surface area contributed by atoms with E-state index in [1.165, 1.54) is 6.92 Å². The first kappa shape index (κ1) is 26.7. The molecule has 204 valence electrons. The number of nitrogens with zero attached hydrogens (tertiary/aromatic N) is 3. The van der Waals surface area contributed by atoms with Crippen LogP contribution in [-0.4, -0.2) is 96.6 Å². The molecule has 0 saturated carbocycles. The minimum Gasteiger partial charge on any atom is -0.378 e. The quantitative estimate of drug-likeness (QED) is 0.466. The maximum absolute atomic E-state index is 13.3. The summed E-state index contributed by atoms with van der Waals surface area (Å²) in [6, 6.07) is 4.42. The van der Waals surface area contributed by atoms with Crippen LogP contribution in [0.1, 0.15) is 43.0 Å². The zero-order chi connectivity index (χ0) is 26.6. The van der Waals surface area contributed by atoms with Gasteiger partial charge in [0.1, 0.15) is 6.04 Å². The van der Waals surface area contributed by atoms with Crippen LogP contribution >= 0.6 is 11.6 Å². The first-order valence-electron chi connectivity index (χ1n) is 13.1. The molecule has 0 bridgehead atoms. The third-order valence-corrected chi connectivity index (χ3v) is 9.67. The van der Waals surface area contributed by atoms with Gasteiger partial charge in [-0.25, -0.2) is 4.79 Å². The Morgan fingerprint density at radius 1 is 1.08 bits per heavy atom. The lowest BCUT2D eigenvalue weighted by Crippen LogP contribution is -2.88. The van der Waals surface area contributed by atoms with Crippen LogP contribution in [0.25, 0.3) is 0 Å². The van der Waals surface area contributed by atoms with E-state index < -0.39 is 23.7 Å². The fraction of sp³-hybridized carbons (Fsp3) is 0.692. The summed E-state index contributed by atoms with van der Waals surface area (Å²) in [6.07, 6.45) is -1.65. The minimum absolute atomic E-state index is 0.0834. The van der Waals surface area contributed by atoms with E-state index in [9.17, 15) is 27.9 Å². The van der Waals surface area contributed by atoms with Crippen LogP contribution in [0.5, 0.6) is 0 Å². The largest absolute Gasteiger partial charge is 0.436 e. The second-order valence-electron chi connectivity index (χ2n) is 11.0. The molecule has 4 fully saturated rings. The number of β-lactam (4-membered cyclic amide) rings is 1. The Balaban J connectivity index is 1.15. The van der Waals surface area contributed by atoms with Crippen LogP contribution in [0.15, 0.2) is 18.2 Å². The highest BCUT2D eigenvalue weighted by molar-refractivity contribution is 6.34. The van der Waals surface area contributed by atoms with E-state index in [0.717, 1.165) is 31.6 Å². The van der Waals surface area contributed by atoms with Gasteiger partial charge in [0.2, 0.25) is 0 Å². The van der Waals surface area contributed by atoms with Crippen LogP contribution in [-0.2, 0) is 9.53 Å². The van der Waals surface area contributed by atoms with Crippen molar-refractivity contribution in [1.29, 1.82) is 0 Å². The van der Waals surface area contributed by atoms with Crippen molar-refractivity contribution < 1.29 is 37.1 Å². The van der Waals surface area contributed by atoms with E-state index in [4.69, 9.17) is 16.3 Å². The number of hydrogen-bond donors (Lipinski definition) is 1. The van der Waals surface area contributed by atoms with Gasteiger partial charge in [0.05, 0.1) is 36.9 Å².